The quantitative estimate of drug-likeness (QED) is 0.906. The lowest BCUT2D eigenvalue weighted by Gasteiger charge is -2.10. The van der Waals surface area contributed by atoms with Crippen molar-refractivity contribution in [3.05, 3.63) is 28.5 Å². The summed E-state index contributed by atoms with van der Waals surface area (Å²) in [6.45, 7) is 0.363. The van der Waals surface area contributed by atoms with Crippen molar-refractivity contribution in [3.63, 3.8) is 0 Å². The number of thiazole rings is 1. The molecule has 0 aliphatic carbocycles. The molecule has 19 heavy (non-hydrogen) atoms. The van der Waals surface area contributed by atoms with Gasteiger partial charge in [-0.25, -0.2) is 9.97 Å². The van der Waals surface area contributed by atoms with Crippen molar-refractivity contribution in [2.24, 2.45) is 0 Å². The van der Waals surface area contributed by atoms with E-state index in [4.69, 9.17) is 0 Å². The Morgan fingerprint density at radius 2 is 2.00 bits per heavy atom. The van der Waals surface area contributed by atoms with Crippen LogP contribution in [-0.4, -0.2) is 22.0 Å². The van der Waals surface area contributed by atoms with E-state index in [2.05, 4.69) is 25.6 Å². The number of nitrogens with zero attached hydrogens (tertiary/aromatic N) is 3. The maximum absolute atomic E-state index is 12.6. The van der Waals surface area contributed by atoms with Gasteiger partial charge >= 0.3 is 6.18 Å². The molecule has 102 valence electrons. The molecule has 0 aliphatic heterocycles. The molecule has 5 nitrogen and oxygen atoms in total. The fourth-order valence-electron chi connectivity index (χ4n) is 1.30. The van der Waals surface area contributed by atoms with Gasteiger partial charge in [-0.15, -0.1) is 11.3 Å². The Hall–Kier alpha value is -1.90. The summed E-state index contributed by atoms with van der Waals surface area (Å²) in [5.74, 6) is -0.958. The van der Waals surface area contributed by atoms with E-state index in [1.54, 1.807) is 11.7 Å². The van der Waals surface area contributed by atoms with Crippen molar-refractivity contribution in [2.75, 3.05) is 17.7 Å². The molecule has 2 N–H and O–H groups in total. The largest absolute Gasteiger partial charge is 0.451 e. The van der Waals surface area contributed by atoms with Crippen molar-refractivity contribution < 1.29 is 13.2 Å². The normalized spacial score (nSPS) is 11.4. The number of nitrogens with one attached hydrogen (secondary N) is 2. The van der Waals surface area contributed by atoms with Crippen LogP contribution in [0.25, 0.3) is 0 Å². The maximum atomic E-state index is 12.6. The minimum Gasteiger partial charge on any atom is -0.373 e. The van der Waals surface area contributed by atoms with Gasteiger partial charge in [-0.05, 0) is 0 Å². The Morgan fingerprint density at radius 3 is 2.58 bits per heavy atom. The third-order valence-electron chi connectivity index (χ3n) is 2.16. The van der Waals surface area contributed by atoms with E-state index in [0.717, 1.165) is 4.88 Å². The van der Waals surface area contributed by atoms with Crippen molar-refractivity contribution in [1.82, 2.24) is 15.0 Å². The Morgan fingerprint density at radius 1 is 1.26 bits per heavy atom. The van der Waals surface area contributed by atoms with Gasteiger partial charge in [-0.1, -0.05) is 0 Å². The molecular weight excluding hydrogens is 279 g/mol. The molecule has 0 radical (unpaired) electrons. The fraction of sp³-hybridized carbons (Fsp3) is 0.300. The zero-order chi connectivity index (χ0) is 13.9. The van der Waals surface area contributed by atoms with E-state index in [1.165, 1.54) is 24.5 Å². The molecule has 0 saturated carbocycles. The number of alkyl halides is 3. The first-order valence-corrected chi connectivity index (χ1v) is 6.12. The van der Waals surface area contributed by atoms with Crippen LogP contribution < -0.4 is 10.6 Å². The van der Waals surface area contributed by atoms with Gasteiger partial charge in [-0.3, -0.25) is 4.98 Å². The van der Waals surface area contributed by atoms with Crippen molar-refractivity contribution >= 4 is 23.0 Å². The molecule has 0 fully saturated rings. The maximum Gasteiger partial charge on any atom is 0.451 e. The summed E-state index contributed by atoms with van der Waals surface area (Å²) in [6.07, 6.45) is -2.93. The SMILES string of the molecule is CNc1cc(NCc2cncs2)nc(C(F)(F)F)n1. The Kier molecular flexibility index (Phi) is 3.84. The zero-order valence-electron chi connectivity index (χ0n) is 9.82. The van der Waals surface area contributed by atoms with Crippen molar-refractivity contribution in [1.29, 1.82) is 0 Å². The molecule has 2 aromatic rings. The third kappa shape index (κ3) is 3.53. The van der Waals surface area contributed by atoms with E-state index in [0.29, 0.717) is 6.54 Å². The molecule has 0 amide bonds. The van der Waals surface area contributed by atoms with Crippen LogP contribution in [0.15, 0.2) is 17.8 Å². The first-order valence-electron chi connectivity index (χ1n) is 5.24. The van der Waals surface area contributed by atoms with Crippen LogP contribution in [0.5, 0.6) is 0 Å². The lowest BCUT2D eigenvalue weighted by molar-refractivity contribution is -0.144. The van der Waals surface area contributed by atoms with Gasteiger partial charge in [0, 0.05) is 24.2 Å². The standard InChI is InChI=1S/C10H10F3N5S/c1-14-7-2-8(16-4-6-3-15-5-19-6)18-9(17-7)10(11,12)13/h2-3,5H,4H2,1H3,(H2,14,16,17,18). The molecule has 0 saturated heterocycles. The first-order chi connectivity index (χ1) is 8.99. The first kappa shape index (κ1) is 13.5. The van der Waals surface area contributed by atoms with Gasteiger partial charge in [0.2, 0.25) is 5.82 Å². The number of hydrogen-bond acceptors (Lipinski definition) is 6. The highest BCUT2D eigenvalue weighted by atomic mass is 32.1. The second kappa shape index (κ2) is 5.39. The van der Waals surface area contributed by atoms with Gasteiger partial charge in [0.25, 0.3) is 0 Å². The third-order valence-corrected chi connectivity index (χ3v) is 2.94. The highest BCUT2D eigenvalue weighted by Crippen LogP contribution is 2.28. The van der Waals surface area contributed by atoms with E-state index in [-0.39, 0.29) is 11.6 Å². The molecule has 0 bridgehead atoms. The van der Waals surface area contributed by atoms with Crippen LogP contribution in [0.3, 0.4) is 0 Å². The van der Waals surface area contributed by atoms with Crippen LogP contribution in [0.1, 0.15) is 10.7 Å². The lowest BCUT2D eigenvalue weighted by atomic mass is 10.4. The van der Waals surface area contributed by atoms with Gasteiger partial charge in [0.15, 0.2) is 0 Å². The fourth-order valence-corrected chi connectivity index (χ4v) is 1.83. The number of anilines is 2. The predicted molar refractivity (Wildman–Crippen MR) is 66.0 cm³/mol. The average Bonchev–Trinajstić information content (AvgIpc) is 2.88. The molecular formula is C10H10F3N5S. The van der Waals surface area contributed by atoms with Crippen LogP contribution >= 0.6 is 11.3 Å². The topological polar surface area (TPSA) is 62.7 Å². The zero-order valence-corrected chi connectivity index (χ0v) is 10.6. The second-order valence-electron chi connectivity index (χ2n) is 3.53. The monoisotopic (exact) mass is 289 g/mol. The van der Waals surface area contributed by atoms with Crippen molar-refractivity contribution in [2.45, 2.75) is 12.7 Å². The van der Waals surface area contributed by atoms with Crippen LogP contribution in [0.2, 0.25) is 0 Å². The summed E-state index contributed by atoms with van der Waals surface area (Å²) in [6, 6.07) is 1.41. The second-order valence-corrected chi connectivity index (χ2v) is 4.50. The summed E-state index contributed by atoms with van der Waals surface area (Å²) in [5, 5.41) is 5.39. The molecule has 0 atom stereocenters. The van der Waals surface area contributed by atoms with Crippen LogP contribution in [0.4, 0.5) is 24.8 Å². The lowest BCUT2D eigenvalue weighted by Crippen LogP contribution is -2.14. The average molecular weight is 289 g/mol. The summed E-state index contributed by atoms with van der Waals surface area (Å²) < 4.78 is 37.8. The van der Waals surface area contributed by atoms with E-state index in [1.807, 2.05) is 0 Å². The minimum absolute atomic E-state index is 0.106. The van der Waals surface area contributed by atoms with E-state index in [9.17, 15) is 13.2 Å². The highest BCUT2D eigenvalue weighted by Gasteiger charge is 2.35. The molecule has 2 rings (SSSR count). The smallest absolute Gasteiger partial charge is 0.373 e. The molecule has 0 aromatic carbocycles. The van der Waals surface area contributed by atoms with Crippen LogP contribution in [0, 0.1) is 0 Å². The summed E-state index contributed by atoms with van der Waals surface area (Å²) in [5.41, 5.74) is 1.65. The Balaban J connectivity index is 2.19. The number of halogens is 3. The van der Waals surface area contributed by atoms with Gasteiger partial charge < -0.3 is 10.6 Å². The summed E-state index contributed by atoms with van der Waals surface area (Å²) in [4.78, 5) is 11.6. The Labute approximate surface area is 110 Å². The highest BCUT2D eigenvalue weighted by molar-refractivity contribution is 7.09. The molecule has 0 aliphatic rings. The minimum atomic E-state index is -4.58. The van der Waals surface area contributed by atoms with Gasteiger partial charge in [-0.2, -0.15) is 13.2 Å². The predicted octanol–water partition coefficient (Wildman–Crippen LogP) is 2.61. The summed E-state index contributed by atoms with van der Waals surface area (Å²) >= 11 is 1.41. The Bertz CT molecular complexity index is 541. The van der Waals surface area contributed by atoms with Crippen molar-refractivity contribution in [3.8, 4) is 0 Å². The molecule has 9 heteroatoms. The van der Waals surface area contributed by atoms with E-state index >= 15 is 0 Å². The number of aromatic nitrogens is 3. The summed E-state index contributed by atoms with van der Waals surface area (Å²) in [7, 11) is 1.50. The molecule has 2 aromatic heterocycles. The number of hydrogen-bond donors (Lipinski definition) is 2. The number of rotatable bonds is 4. The van der Waals surface area contributed by atoms with E-state index < -0.39 is 12.0 Å². The molecule has 2 heterocycles. The van der Waals surface area contributed by atoms with Gasteiger partial charge in [0.05, 0.1) is 12.1 Å². The van der Waals surface area contributed by atoms with Crippen LogP contribution in [-0.2, 0) is 12.7 Å². The molecule has 0 unspecified atom stereocenters. The molecule has 0 spiro atoms. The van der Waals surface area contributed by atoms with Gasteiger partial charge in [0.1, 0.15) is 11.6 Å².